The SMILES string of the molecule is CNc1ccc(Cn2nc(C(F)=Cc3ccc([Si](C)(C)C)cc3)cc2C)cn1. The summed E-state index contributed by atoms with van der Waals surface area (Å²) < 4.78 is 16.6. The molecule has 146 valence electrons. The highest BCUT2D eigenvalue weighted by atomic mass is 28.3. The van der Waals surface area contributed by atoms with Crippen LogP contribution in [0.1, 0.15) is 22.5 Å². The molecule has 3 rings (SSSR count). The van der Waals surface area contributed by atoms with Crippen molar-refractivity contribution in [3.05, 3.63) is 71.2 Å². The molecule has 4 nitrogen and oxygen atoms in total. The Balaban J connectivity index is 1.78. The minimum atomic E-state index is -1.35. The number of rotatable bonds is 6. The number of hydrogen-bond donors (Lipinski definition) is 1. The van der Waals surface area contributed by atoms with Gasteiger partial charge in [-0.3, -0.25) is 4.68 Å². The molecule has 1 N–H and O–H groups in total. The maximum absolute atomic E-state index is 14.8. The average molecular weight is 395 g/mol. The van der Waals surface area contributed by atoms with E-state index < -0.39 is 8.07 Å². The van der Waals surface area contributed by atoms with Crippen molar-refractivity contribution in [2.75, 3.05) is 12.4 Å². The fourth-order valence-corrected chi connectivity index (χ4v) is 4.09. The molecule has 0 fully saturated rings. The molecule has 0 unspecified atom stereocenters. The molecule has 28 heavy (non-hydrogen) atoms. The van der Waals surface area contributed by atoms with Crippen LogP contribution in [0.2, 0.25) is 19.6 Å². The zero-order valence-corrected chi connectivity index (χ0v) is 18.1. The molecular weight excluding hydrogens is 367 g/mol. The Morgan fingerprint density at radius 1 is 1.14 bits per heavy atom. The maximum atomic E-state index is 14.8. The lowest BCUT2D eigenvalue weighted by atomic mass is 10.2. The first-order valence-corrected chi connectivity index (χ1v) is 12.9. The van der Waals surface area contributed by atoms with E-state index in [1.165, 1.54) is 5.19 Å². The number of halogens is 1. The van der Waals surface area contributed by atoms with Crippen LogP contribution in [0.4, 0.5) is 10.2 Å². The summed E-state index contributed by atoms with van der Waals surface area (Å²) in [5.74, 6) is 0.488. The fourth-order valence-electron chi connectivity index (χ4n) is 2.93. The van der Waals surface area contributed by atoms with Gasteiger partial charge in [-0.25, -0.2) is 9.37 Å². The van der Waals surface area contributed by atoms with Gasteiger partial charge < -0.3 is 5.32 Å². The number of hydrogen-bond acceptors (Lipinski definition) is 3. The minimum Gasteiger partial charge on any atom is -0.373 e. The van der Waals surface area contributed by atoms with Gasteiger partial charge in [-0.1, -0.05) is 55.2 Å². The Bertz CT molecular complexity index is 967. The molecule has 6 heteroatoms. The van der Waals surface area contributed by atoms with Crippen LogP contribution in [0.15, 0.2) is 48.7 Å². The normalized spacial score (nSPS) is 12.3. The molecule has 0 aliphatic rings. The molecule has 0 saturated heterocycles. The highest BCUT2D eigenvalue weighted by molar-refractivity contribution is 6.88. The molecule has 2 heterocycles. The lowest BCUT2D eigenvalue weighted by molar-refractivity contribution is 0.653. The summed E-state index contributed by atoms with van der Waals surface area (Å²) in [5.41, 5.74) is 3.12. The third-order valence-corrected chi connectivity index (χ3v) is 6.77. The van der Waals surface area contributed by atoms with Crippen LogP contribution < -0.4 is 10.5 Å². The predicted octanol–water partition coefficient (Wildman–Crippen LogP) is 4.69. The number of pyridine rings is 1. The predicted molar refractivity (Wildman–Crippen MR) is 118 cm³/mol. The molecule has 2 aromatic heterocycles. The van der Waals surface area contributed by atoms with E-state index in [1.807, 2.05) is 38.2 Å². The second-order valence-corrected chi connectivity index (χ2v) is 13.1. The van der Waals surface area contributed by atoms with E-state index in [9.17, 15) is 4.39 Å². The van der Waals surface area contributed by atoms with E-state index in [4.69, 9.17) is 0 Å². The van der Waals surface area contributed by atoms with Crippen LogP contribution in [0.25, 0.3) is 11.9 Å². The van der Waals surface area contributed by atoms with Crippen molar-refractivity contribution in [1.82, 2.24) is 14.8 Å². The topological polar surface area (TPSA) is 42.7 Å². The zero-order chi connectivity index (χ0) is 20.3. The van der Waals surface area contributed by atoms with Gasteiger partial charge in [0.1, 0.15) is 11.5 Å². The summed E-state index contributed by atoms with van der Waals surface area (Å²) in [6.45, 7) is 9.39. The van der Waals surface area contributed by atoms with Gasteiger partial charge in [-0.05, 0) is 36.3 Å². The first kappa shape index (κ1) is 20.0. The van der Waals surface area contributed by atoms with Crippen LogP contribution >= 0.6 is 0 Å². The largest absolute Gasteiger partial charge is 0.373 e. The maximum Gasteiger partial charge on any atom is 0.151 e. The van der Waals surface area contributed by atoms with Crippen LogP contribution in [0.5, 0.6) is 0 Å². The number of nitrogens with one attached hydrogen (secondary N) is 1. The monoisotopic (exact) mass is 394 g/mol. The number of anilines is 1. The highest BCUT2D eigenvalue weighted by Gasteiger charge is 2.15. The number of nitrogens with zero attached hydrogens (tertiary/aromatic N) is 3. The van der Waals surface area contributed by atoms with Crippen molar-refractivity contribution in [1.29, 1.82) is 0 Å². The first-order chi connectivity index (χ1) is 13.3. The summed E-state index contributed by atoms with van der Waals surface area (Å²) in [5, 5.41) is 8.80. The average Bonchev–Trinajstić information content (AvgIpc) is 3.03. The van der Waals surface area contributed by atoms with E-state index in [-0.39, 0.29) is 5.83 Å². The van der Waals surface area contributed by atoms with Gasteiger partial charge >= 0.3 is 0 Å². The summed E-state index contributed by atoms with van der Waals surface area (Å²) >= 11 is 0. The van der Waals surface area contributed by atoms with E-state index in [0.717, 1.165) is 22.6 Å². The van der Waals surface area contributed by atoms with Crippen molar-refractivity contribution in [2.24, 2.45) is 0 Å². The summed E-state index contributed by atoms with van der Waals surface area (Å²) in [4.78, 5) is 4.31. The third-order valence-electron chi connectivity index (χ3n) is 4.71. The van der Waals surface area contributed by atoms with Crippen LogP contribution in [0.3, 0.4) is 0 Å². The van der Waals surface area contributed by atoms with Gasteiger partial charge in [-0.2, -0.15) is 5.10 Å². The van der Waals surface area contributed by atoms with Crippen molar-refractivity contribution in [3.8, 4) is 0 Å². The van der Waals surface area contributed by atoms with Gasteiger partial charge in [-0.15, -0.1) is 0 Å². The van der Waals surface area contributed by atoms with E-state index in [2.05, 4.69) is 47.2 Å². The zero-order valence-electron chi connectivity index (χ0n) is 17.1. The third kappa shape index (κ3) is 4.75. The van der Waals surface area contributed by atoms with Crippen molar-refractivity contribution < 1.29 is 4.39 Å². The molecule has 0 saturated carbocycles. The van der Waals surface area contributed by atoms with Gasteiger partial charge in [0, 0.05) is 18.9 Å². The van der Waals surface area contributed by atoms with Gasteiger partial charge in [0.05, 0.1) is 14.6 Å². The molecule has 0 aliphatic carbocycles. The van der Waals surface area contributed by atoms with Crippen molar-refractivity contribution in [3.63, 3.8) is 0 Å². The standard InChI is InChI=1S/C22H27FN4Si/c1-16-12-21(26-27(16)15-18-8-11-22(24-2)25-14-18)20(23)13-17-6-9-19(10-7-17)28(3,4)5/h6-14H,15H2,1-5H3,(H,24,25). The molecular formula is C22H27FN4Si. The molecule has 0 spiro atoms. The molecule has 0 amide bonds. The molecule has 0 atom stereocenters. The van der Waals surface area contributed by atoms with Crippen LogP contribution in [0, 0.1) is 6.92 Å². The number of benzene rings is 1. The molecule has 0 radical (unpaired) electrons. The van der Waals surface area contributed by atoms with E-state index >= 15 is 0 Å². The second-order valence-electron chi connectivity index (χ2n) is 7.99. The lowest BCUT2D eigenvalue weighted by Crippen LogP contribution is -2.37. The van der Waals surface area contributed by atoms with E-state index in [0.29, 0.717) is 12.2 Å². The Morgan fingerprint density at radius 2 is 1.86 bits per heavy atom. The van der Waals surface area contributed by atoms with Gasteiger partial charge in [0.15, 0.2) is 5.83 Å². The van der Waals surface area contributed by atoms with Gasteiger partial charge in [0.25, 0.3) is 0 Å². The summed E-state index contributed by atoms with van der Waals surface area (Å²) in [6.07, 6.45) is 3.35. The number of aryl methyl sites for hydroxylation is 1. The Kier molecular flexibility index (Phi) is 5.79. The van der Waals surface area contributed by atoms with Crippen LogP contribution in [-0.2, 0) is 6.54 Å². The molecule has 0 aliphatic heterocycles. The molecule has 0 bridgehead atoms. The van der Waals surface area contributed by atoms with Gasteiger partial charge in [0.2, 0.25) is 0 Å². The lowest BCUT2D eigenvalue weighted by Gasteiger charge is -2.16. The van der Waals surface area contributed by atoms with E-state index in [1.54, 1.807) is 23.0 Å². The molecule has 1 aromatic carbocycles. The first-order valence-electron chi connectivity index (χ1n) is 9.41. The summed E-state index contributed by atoms with van der Waals surface area (Å²) in [6, 6.07) is 13.9. The number of aromatic nitrogens is 3. The Labute approximate surface area is 167 Å². The fraction of sp³-hybridized carbons (Fsp3) is 0.273. The second kappa shape index (κ2) is 8.10. The van der Waals surface area contributed by atoms with Crippen molar-refractivity contribution >= 4 is 31.0 Å². The Hall–Kier alpha value is -2.73. The minimum absolute atomic E-state index is 0.328. The smallest absolute Gasteiger partial charge is 0.151 e. The Morgan fingerprint density at radius 3 is 2.43 bits per heavy atom. The van der Waals surface area contributed by atoms with Crippen LogP contribution in [-0.4, -0.2) is 29.9 Å². The summed E-state index contributed by atoms with van der Waals surface area (Å²) in [7, 11) is 0.486. The van der Waals surface area contributed by atoms with Crippen molar-refractivity contribution in [2.45, 2.75) is 33.1 Å². The molecule has 3 aromatic rings. The highest BCUT2D eigenvalue weighted by Crippen LogP contribution is 2.20. The quantitative estimate of drug-likeness (QED) is 0.617.